The van der Waals surface area contributed by atoms with Crippen molar-refractivity contribution in [2.45, 2.75) is 0 Å². The van der Waals surface area contributed by atoms with E-state index in [-0.39, 0.29) is 16.9 Å². The minimum atomic E-state index is -0.471. The number of methoxy groups -OCH3 is 1. The van der Waals surface area contributed by atoms with Gasteiger partial charge in [0.15, 0.2) is 5.82 Å². The van der Waals surface area contributed by atoms with Gasteiger partial charge in [0.1, 0.15) is 11.1 Å². The third-order valence-corrected chi connectivity index (χ3v) is 3.40. The molecule has 0 spiro atoms. The number of rotatable bonds is 3. The maximum absolute atomic E-state index is 12.3. The van der Waals surface area contributed by atoms with Gasteiger partial charge >= 0.3 is 5.69 Å². The number of benzene rings is 1. The van der Waals surface area contributed by atoms with Crippen LogP contribution in [0.25, 0.3) is 11.1 Å². The Balaban J connectivity index is 2.16. The van der Waals surface area contributed by atoms with Crippen LogP contribution in [0.5, 0.6) is 5.75 Å². The molecule has 1 N–H and O–H groups in total. The zero-order valence-electron chi connectivity index (χ0n) is 12.3. The standard InChI is InChI=1S/C14H14N4O4/c1-17-12(19)10-11(16-22-13(10)18(2)14(17)20)15-8-5-4-6-9(7-8)21-3/h4-7H,1-3H3,(H,15,16). The topological polar surface area (TPSA) is 91.3 Å². The number of anilines is 2. The van der Waals surface area contributed by atoms with Gasteiger partial charge < -0.3 is 14.6 Å². The number of aromatic nitrogens is 3. The number of fused-ring (bicyclic) bond motifs is 1. The third-order valence-electron chi connectivity index (χ3n) is 3.40. The molecule has 114 valence electrons. The maximum atomic E-state index is 12.3. The molecule has 3 rings (SSSR count). The van der Waals surface area contributed by atoms with Crippen LogP contribution < -0.4 is 21.3 Å². The largest absolute Gasteiger partial charge is 0.497 e. The van der Waals surface area contributed by atoms with Crippen LogP contribution in [0.2, 0.25) is 0 Å². The van der Waals surface area contributed by atoms with Crippen molar-refractivity contribution in [2.24, 2.45) is 14.1 Å². The molecule has 3 aromatic rings. The molecule has 2 heterocycles. The van der Waals surface area contributed by atoms with E-state index in [1.807, 2.05) is 0 Å². The molecule has 0 unspecified atom stereocenters. The first-order chi connectivity index (χ1) is 10.5. The zero-order chi connectivity index (χ0) is 15.9. The molecule has 22 heavy (non-hydrogen) atoms. The number of aryl methyl sites for hydroxylation is 1. The van der Waals surface area contributed by atoms with Crippen LogP contribution in [0.3, 0.4) is 0 Å². The van der Waals surface area contributed by atoms with Crippen molar-refractivity contribution in [3.63, 3.8) is 0 Å². The molecule has 0 radical (unpaired) electrons. The summed E-state index contributed by atoms with van der Waals surface area (Å²) in [6.07, 6.45) is 0. The summed E-state index contributed by atoms with van der Waals surface area (Å²) in [5.41, 5.74) is -0.129. The second kappa shape index (κ2) is 5.06. The number of nitrogens with one attached hydrogen (secondary N) is 1. The highest BCUT2D eigenvalue weighted by molar-refractivity contribution is 5.87. The van der Waals surface area contributed by atoms with Crippen LogP contribution in [-0.2, 0) is 14.1 Å². The van der Waals surface area contributed by atoms with Crippen LogP contribution in [0.15, 0.2) is 38.4 Å². The number of nitrogens with zero attached hydrogens (tertiary/aromatic N) is 3. The summed E-state index contributed by atoms with van der Waals surface area (Å²) in [5.74, 6) is 0.914. The van der Waals surface area contributed by atoms with E-state index in [0.29, 0.717) is 11.4 Å². The van der Waals surface area contributed by atoms with Crippen molar-refractivity contribution in [3.8, 4) is 5.75 Å². The monoisotopic (exact) mass is 302 g/mol. The first-order valence-electron chi connectivity index (χ1n) is 6.49. The van der Waals surface area contributed by atoms with E-state index in [1.165, 1.54) is 18.7 Å². The van der Waals surface area contributed by atoms with Gasteiger partial charge in [0.05, 0.1) is 7.11 Å². The van der Waals surface area contributed by atoms with Gasteiger partial charge in [-0.25, -0.2) is 4.79 Å². The van der Waals surface area contributed by atoms with E-state index in [0.717, 1.165) is 4.57 Å². The van der Waals surface area contributed by atoms with E-state index in [4.69, 9.17) is 9.26 Å². The molecule has 0 aliphatic heterocycles. The summed E-state index contributed by atoms with van der Waals surface area (Å²) in [5, 5.41) is 7.07. The van der Waals surface area contributed by atoms with Gasteiger partial charge in [0.25, 0.3) is 5.56 Å². The molecule has 0 fully saturated rings. The fourth-order valence-electron chi connectivity index (χ4n) is 2.19. The summed E-state index contributed by atoms with van der Waals surface area (Å²) < 4.78 is 12.5. The average molecular weight is 302 g/mol. The van der Waals surface area contributed by atoms with E-state index >= 15 is 0 Å². The second-order valence-corrected chi connectivity index (χ2v) is 4.77. The number of ether oxygens (including phenoxy) is 1. The summed E-state index contributed by atoms with van der Waals surface area (Å²) in [6, 6.07) is 7.16. The summed E-state index contributed by atoms with van der Waals surface area (Å²) in [6.45, 7) is 0. The zero-order valence-corrected chi connectivity index (χ0v) is 12.3. The molecule has 8 nitrogen and oxygen atoms in total. The summed E-state index contributed by atoms with van der Waals surface area (Å²) in [7, 11) is 4.49. The summed E-state index contributed by atoms with van der Waals surface area (Å²) in [4.78, 5) is 24.1. The van der Waals surface area contributed by atoms with Crippen molar-refractivity contribution in [1.29, 1.82) is 0 Å². The Kier molecular flexibility index (Phi) is 3.21. The lowest BCUT2D eigenvalue weighted by molar-refractivity contribution is 0.415. The molecular formula is C14H14N4O4. The summed E-state index contributed by atoms with van der Waals surface area (Å²) >= 11 is 0. The predicted octanol–water partition coefficient (Wildman–Crippen LogP) is 0.977. The van der Waals surface area contributed by atoms with E-state index in [1.54, 1.807) is 31.4 Å². The van der Waals surface area contributed by atoms with E-state index in [2.05, 4.69) is 10.5 Å². The third kappa shape index (κ3) is 2.05. The molecule has 0 aliphatic carbocycles. The highest BCUT2D eigenvalue weighted by atomic mass is 16.5. The van der Waals surface area contributed by atoms with Gasteiger partial charge in [0, 0.05) is 25.8 Å². The molecule has 0 saturated heterocycles. The minimum absolute atomic E-state index is 0.124. The van der Waals surface area contributed by atoms with Crippen molar-refractivity contribution in [2.75, 3.05) is 12.4 Å². The Morgan fingerprint density at radius 2 is 2.00 bits per heavy atom. The minimum Gasteiger partial charge on any atom is -0.497 e. The van der Waals surface area contributed by atoms with E-state index in [9.17, 15) is 9.59 Å². The second-order valence-electron chi connectivity index (χ2n) is 4.77. The van der Waals surface area contributed by atoms with Gasteiger partial charge in [-0.05, 0) is 12.1 Å². The first-order valence-corrected chi connectivity index (χ1v) is 6.49. The van der Waals surface area contributed by atoms with Crippen LogP contribution in [-0.4, -0.2) is 21.4 Å². The molecular weight excluding hydrogens is 288 g/mol. The Bertz CT molecular complexity index is 967. The Morgan fingerprint density at radius 1 is 1.23 bits per heavy atom. The van der Waals surface area contributed by atoms with Crippen molar-refractivity contribution in [3.05, 3.63) is 45.1 Å². The molecule has 0 bridgehead atoms. The average Bonchev–Trinajstić information content (AvgIpc) is 2.95. The fraction of sp³-hybridized carbons (Fsp3) is 0.214. The molecule has 0 aliphatic rings. The lowest BCUT2D eigenvalue weighted by atomic mass is 10.3. The van der Waals surface area contributed by atoms with Crippen LogP contribution in [0.1, 0.15) is 0 Å². The SMILES string of the molecule is COc1cccc(Nc2noc3c2c(=O)n(C)c(=O)n3C)c1. The Labute approximate surface area is 124 Å². The molecule has 8 heteroatoms. The van der Waals surface area contributed by atoms with Gasteiger partial charge in [-0.3, -0.25) is 13.9 Å². The fourth-order valence-corrected chi connectivity index (χ4v) is 2.19. The maximum Gasteiger partial charge on any atom is 0.333 e. The lowest BCUT2D eigenvalue weighted by Crippen LogP contribution is -2.36. The first kappa shape index (κ1) is 13.9. The van der Waals surface area contributed by atoms with Crippen LogP contribution in [0, 0.1) is 0 Å². The number of hydrogen-bond acceptors (Lipinski definition) is 6. The highest BCUT2D eigenvalue weighted by Crippen LogP contribution is 2.24. The van der Waals surface area contributed by atoms with Gasteiger partial charge in [0.2, 0.25) is 5.71 Å². The van der Waals surface area contributed by atoms with Crippen molar-refractivity contribution < 1.29 is 9.26 Å². The smallest absolute Gasteiger partial charge is 0.333 e. The van der Waals surface area contributed by atoms with Crippen LogP contribution in [0.4, 0.5) is 11.5 Å². The quantitative estimate of drug-likeness (QED) is 0.775. The Hall–Kier alpha value is -3.03. The molecule has 0 amide bonds. The van der Waals surface area contributed by atoms with Crippen molar-refractivity contribution >= 4 is 22.6 Å². The molecule has 0 saturated carbocycles. The van der Waals surface area contributed by atoms with E-state index < -0.39 is 11.2 Å². The van der Waals surface area contributed by atoms with Gasteiger partial charge in [-0.1, -0.05) is 11.2 Å². The highest BCUT2D eigenvalue weighted by Gasteiger charge is 2.18. The predicted molar refractivity (Wildman–Crippen MR) is 80.8 cm³/mol. The molecule has 1 aromatic carbocycles. The van der Waals surface area contributed by atoms with Gasteiger partial charge in [-0.15, -0.1) is 0 Å². The molecule has 0 atom stereocenters. The normalized spacial score (nSPS) is 10.9. The Morgan fingerprint density at radius 3 is 2.73 bits per heavy atom. The van der Waals surface area contributed by atoms with Crippen LogP contribution >= 0.6 is 0 Å². The van der Waals surface area contributed by atoms with Gasteiger partial charge in [-0.2, -0.15) is 0 Å². The number of hydrogen-bond donors (Lipinski definition) is 1. The lowest BCUT2D eigenvalue weighted by Gasteiger charge is -2.06. The van der Waals surface area contributed by atoms with Crippen molar-refractivity contribution in [1.82, 2.24) is 14.3 Å². The molecule has 2 aromatic heterocycles.